The van der Waals surface area contributed by atoms with E-state index in [0.29, 0.717) is 16.8 Å². The molecule has 138 valence electrons. The van der Waals surface area contributed by atoms with Crippen molar-refractivity contribution in [2.24, 2.45) is 4.99 Å². The van der Waals surface area contributed by atoms with Crippen molar-refractivity contribution in [3.63, 3.8) is 0 Å². The largest absolute Gasteiger partial charge is 0.497 e. The molecular formula is C21H22N4O2. The van der Waals surface area contributed by atoms with Crippen LogP contribution in [0.25, 0.3) is 0 Å². The molecule has 0 aromatic heterocycles. The van der Waals surface area contributed by atoms with E-state index in [-0.39, 0.29) is 11.9 Å². The summed E-state index contributed by atoms with van der Waals surface area (Å²) in [6.07, 6.45) is 4.00. The molecular weight excluding hydrogens is 340 g/mol. The fraction of sp³-hybridized carbons (Fsp3) is 0.286. The first kappa shape index (κ1) is 18.6. The first-order valence-corrected chi connectivity index (χ1v) is 8.86. The molecule has 2 aromatic carbocycles. The van der Waals surface area contributed by atoms with Gasteiger partial charge in [-0.1, -0.05) is 0 Å². The van der Waals surface area contributed by atoms with Crippen LogP contribution in [-0.2, 0) is 0 Å². The van der Waals surface area contributed by atoms with Crippen LogP contribution in [0.4, 0.5) is 11.4 Å². The van der Waals surface area contributed by atoms with Crippen LogP contribution in [0.1, 0.15) is 28.8 Å². The van der Waals surface area contributed by atoms with Gasteiger partial charge < -0.3 is 15.0 Å². The maximum atomic E-state index is 13.1. The van der Waals surface area contributed by atoms with Crippen LogP contribution in [0, 0.1) is 11.3 Å². The summed E-state index contributed by atoms with van der Waals surface area (Å²) in [5, 5.41) is 12.6. The highest BCUT2D eigenvalue weighted by atomic mass is 16.5. The molecule has 1 aliphatic heterocycles. The Morgan fingerprint density at radius 3 is 2.74 bits per heavy atom. The molecule has 1 heterocycles. The average molecular weight is 362 g/mol. The van der Waals surface area contributed by atoms with E-state index in [1.807, 2.05) is 18.3 Å². The zero-order chi connectivity index (χ0) is 19.2. The van der Waals surface area contributed by atoms with Crippen LogP contribution < -0.4 is 15.0 Å². The number of hydrogen-bond donors (Lipinski definition) is 1. The fourth-order valence-electron chi connectivity index (χ4n) is 3.00. The number of ether oxygens (including phenoxy) is 1. The number of benzene rings is 2. The number of amides is 1. The van der Waals surface area contributed by atoms with Crippen molar-refractivity contribution in [1.82, 2.24) is 5.32 Å². The van der Waals surface area contributed by atoms with Gasteiger partial charge in [0.1, 0.15) is 5.75 Å². The summed E-state index contributed by atoms with van der Waals surface area (Å²) in [7, 11) is 3.30. The number of carbonyl (C=O) groups excluding carboxylic acids is 1. The van der Waals surface area contributed by atoms with Crippen molar-refractivity contribution >= 4 is 23.5 Å². The highest BCUT2D eigenvalue weighted by molar-refractivity contribution is 6.09. The predicted octanol–water partition coefficient (Wildman–Crippen LogP) is 3.30. The minimum atomic E-state index is -0.219. The van der Waals surface area contributed by atoms with Crippen molar-refractivity contribution in [1.29, 1.82) is 5.26 Å². The Labute approximate surface area is 159 Å². The van der Waals surface area contributed by atoms with Crippen molar-refractivity contribution in [2.75, 3.05) is 25.6 Å². The maximum absolute atomic E-state index is 13.1. The second kappa shape index (κ2) is 8.47. The molecule has 3 rings (SSSR count). The summed E-state index contributed by atoms with van der Waals surface area (Å²) < 4.78 is 5.16. The number of nitriles is 1. The van der Waals surface area contributed by atoms with Gasteiger partial charge in [-0.25, -0.2) is 0 Å². The summed E-state index contributed by atoms with van der Waals surface area (Å²) in [6, 6.07) is 14.5. The van der Waals surface area contributed by atoms with Crippen LogP contribution in [0.3, 0.4) is 0 Å². The highest BCUT2D eigenvalue weighted by Gasteiger charge is 2.19. The molecule has 6 heteroatoms. The second-order valence-electron chi connectivity index (χ2n) is 6.39. The van der Waals surface area contributed by atoms with Gasteiger partial charge in [-0.2, -0.15) is 5.26 Å². The van der Waals surface area contributed by atoms with Crippen LogP contribution in [-0.4, -0.2) is 38.9 Å². The quantitative estimate of drug-likeness (QED) is 0.828. The molecule has 1 amide bonds. The van der Waals surface area contributed by atoms with Crippen molar-refractivity contribution in [3.8, 4) is 11.8 Å². The fourth-order valence-corrected chi connectivity index (χ4v) is 3.00. The molecule has 1 saturated heterocycles. The van der Waals surface area contributed by atoms with E-state index in [0.717, 1.165) is 30.8 Å². The lowest BCUT2D eigenvalue weighted by molar-refractivity contribution is 0.0993. The van der Waals surface area contributed by atoms with Gasteiger partial charge in [0.25, 0.3) is 5.91 Å². The lowest BCUT2D eigenvalue weighted by Gasteiger charge is -2.19. The topological polar surface area (TPSA) is 77.7 Å². The van der Waals surface area contributed by atoms with Gasteiger partial charge in [0.15, 0.2) is 0 Å². The van der Waals surface area contributed by atoms with Gasteiger partial charge in [0, 0.05) is 25.0 Å². The molecule has 0 bridgehead atoms. The Bertz CT molecular complexity index is 878. The SMILES string of the molecule is COc1ccc(N(C)C(=O)c2cc(C#N)ccc2N=CC2CCCN2)cc1. The number of rotatable bonds is 5. The van der Waals surface area contributed by atoms with E-state index >= 15 is 0 Å². The first-order valence-electron chi connectivity index (χ1n) is 8.86. The summed E-state index contributed by atoms with van der Waals surface area (Å²) in [6.45, 7) is 0.982. The van der Waals surface area contributed by atoms with Gasteiger partial charge in [0.05, 0.1) is 30.0 Å². The van der Waals surface area contributed by atoms with Crippen LogP contribution in [0.5, 0.6) is 5.75 Å². The lowest BCUT2D eigenvalue weighted by atomic mass is 10.1. The molecule has 27 heavy (non-hydrogen) atoms. The summed E-state index contributed by atoms with van der Waals surface area (Å²) >= 11 is 0. The number of methoxy groups -OCH3 is 1. The molecule has 1 atom stereocenters. The smallest absolute Gasteiger partial charge is 0.260 e. The van der Waals surface area contributed by atoms with E-state index < -0.39 is 0 Å². The molecule has 0 radical (unpaired) electrons. The van der Waals surface area contributed by atoms with E-state index in [2.05, 4.69) is 16.4 Å². The molecule has 1 aliphatic rings. The van der Waals surface area contributed by atoms with E-state index in [1.165, 1.54) is 0 Å². The van der Waals surface area contributed by atoms with Crippen molar-refractivity contribution in [2.45, 2.75) is 18.9 Å². The van der Waals surface area contributed by atoms with E-state index in [1.54, 1.807) is 49.4 Å². The third-order valence-electron chi connectivity index (χ3n) is 4.61. The Kier molecular flexibility index (Phi) is 5.84. The molecule has 0 spiro atoms. The van der Waals surface area contributed by atoms with Crippen molar-refractivity contribution < 1.29 is 9.53 Å². The van der Waals surface area contributed by atoms with Crippen LogP contribution in [0.15, 0.2) is 47.5 Å². The third kappa shape index (κ3) is 4.33. The Hall–Kier alpha value is -3.17. The predicted molar refractivity (Wildman–Crippen MR) is 106 cm³/mol. The number of hydrogen-bond acceptors (Lipinski definition) is 5. The first-order chi connectivity index (χ1) is 13.1. The number of aliphatic imine (C=N–C) groups is 1. The summed E-state index contributed by atoms with van der Waals surface area (Å²) in [4.78, 5) is 19.1. The standard InChI is InChI=1S/C21H22N4O2/c1-25(17-6-8-18(27-2)9-7-17)21(26)19-12-15(13-22)5-10-20(19)24-14-16-4-3-11-23-16/h5-10,12,14,16,23H,3-4,11H2,1-2H3. The maximum Gasteiger partial charge on any atom is 0.260 e. The highest BCUT2D eigenvalue weighted by Crippen LogP contribution is 2.25. The summed E-state index contributed by atoms with van der Waals surface area (Å²) in [5.41, 5.74) is 2.13. The van der Waals surface area contributed by atoms with Crippen molar-refractivity contribution in [3.05, 3.63) is 53.6 Å². The number of anilines is 1. The Morgan fingerprint density at radius 1 is 1.33 bits per heavy atom. The normalized spacial score (nSPS) is 16.3. The van der Waals surface area contributed by atoms with Gasteiger partial charge >= 0.3 is 0 Å². The van der Waals surface area contributed by atoms with Crippen LogP contribution >= 0.6 is 0 Å². The number of nitrogens with zero attached hydrogens (tertiary/aromatic N) is 3. The third-order valence-corrected chi connectivity index (χ3v) is 4.61. The zero-order valence-corrected chi connectivity index (χ0v) is 15.5. The number of nitrogens with one attached hydrogen (secondary N) is 1. The lowest BCUT2D eigenvalue weighted by Crippen LogP contribution is -2.26. The Morgan fingerprint density at radius 2 is 2.11 bits per heavy atom. The summed E-state index contributed by atoms with van der Waals surface area (Å²) in [5.74, 6) is 0.504. The molecule has 1 fully saturated rings. The molecule has 1 N–H and O–H groups in total. The minimum absolute atomic E-state index is 0.219. The minimum Gasteiger partial charge on any atom is -0.497 e. The van der Waals surface area contributed by atoms with Crippen LogP contribution in [0.2, 0.25) is 0 Å². The Balaban J connectivity index is 1.89. The average Bonchev–Trinajstić information content (AvgIpc) is 3.24. The van der Waals surface area contributed by atoms with Gasteiger partial charge in [-0.05, 0) is 61.9 Å². The molecule has 6 nitrogen and oxygen atoms in total. The molecule has 0 aliphatic carbocycles. The second-order valence-corrected chi connectivity index (χ2v) is 6.39. The monoisotopic (exact) mass is 362 g/mol. The van der Waals surface area contributed by atoms with E-state index in [9.17, 15) is 10.1 Å². The molecule has 2 aromatic rings. The zero-order valence-electron chi connectivity index (χ0n) is 15.5. The molecule has 0 saturated carbocycles. The molecule has 1 unspecified atom stereocenters. The van der Waals surface area contributed by atoms with Gasteiger partial charge in [0.2, 0.25) is 0 Å². The number of carbonyl (C=O) groups is 1. The van der Waals surface area contributed by atoms with Gasteiger partial charge in [-0.3, -0.25) is 9.79 Å². The van der Waals surface area contributed by atoms with Gasteiger partial charge in [-0.15, -0.1) is 0 Å². The van der Waals surface area contributed by atoms with E-state index in [4.69, 9.17) is 4.74 Å².